The van der Waals surface area contributed by atoms with E-state index in [1.807, 2.05) is 0 Å². The Hall–Kier alpha value is -1.99. The Morgan fingerprint density at radius 2 is 2.06 bits per heavy atom. The molecule has 0 spiro atoms. The number of carbonyl (C=O) groups is 1. The number of amides is 1. The van der Waals surface area contributed by atoms with E-state index in [0.29, 0.717) is 0 Å². The summed E-state index contributed by atoms with van der Waals surface area (Å²) >= 11 is 0. The lowest BCUT2D eigenvalue weighted by Crippen LogP contribution is -2.41. The van der Waals surface area contributed by atoms with Crippen molar-refractivity contribution in [1.82, 2.24) is 5.32 Å². The molecule has 1 amide bonds. The van der Waals surface area contributed by atoms with Gasteiger partial charge >= 0.3 is 12.3 Å². The minimum atomic E-state index is -4.33. The standard InChI is InChI=1S/C10H10F4N2O2/c11-9(12)10(13,14)4-16-8(18)5-2-1-3-6(15)7(5)17/h1-3,9,17H,4,15H2,(H,16,18). The van der Waals surface area contributed by atoms with Crippen molar-refractivity contribution in [3.63, 3.8) is 0 Å². The van der Waals surface area contributed by atoms with Gasteiger partial charge in [0.1, 0.15) is 0 Å². The molecule has 0 fully saturated rings. The van der Waals surface area contributed by atoms with Crippen molar-refractivity contribution >= 4 is 11.6 Å². The van der Waals surface area contributed by atoms with Crippen LogP contribution in [0.15, 0.2) is 18.2 Å². The fourth-order valence-electron chi connectivity index (χ4n) is 1.12. The first kappa shape index (κ1) is 14.1. The van der Waals surface area contributed by atoms with Crippen LogP contribution in [0.3, 0.4) is 0 Å². The molecule has 8 heteroatoms. The molecule has 0 unspecified atom stereocenters. The third-order valence-corrected chi connectivity index (χ3v) is 2.12. The first-order valence-electron chi connectivity index (χ1n) is 4.77. The molecule has 0 aliphatic carbocycles. The number of anilines is 1. The maximum atomic E-state index is 12.6. The summed E-state index contributed by atoms with van der Waals surface area (Å²) in [6, 6.07) is 3.73. The molecule has 0 saturated heterocycles. The number of phenols is 1. The normalized spacial score (nSPS) is 11.6. The van der Waals surface area contributed by atoms with Crippen molar-refractivity contribution < 1.29 is 27.5 Å². The number of carbonyl (C=O) groups excluding carboxylic acids is 1. The van der Waals surface area contributed by atoms with Gasteiger partial charge < -0.3 is 16.2 Å². The number of nitrogen functional groups attached to an aromatic ring is 1. The van der Waals surface area contributed by atoms with Crippen molar-refractivity contribution in [2.45, 2.75) is 12.3 Å². The second-order valence-corrected chi connectivity index (χ2v) is 3.49. The van der Waals surface area contributed by atoms with Gasteiger partial charge in [0.15, 0.2) is 5.75 Å². The molecule has 18 heavy (non-hydrogen) atoms. The van der Waals surface area contributed by atoms with E-state index in [1.165, 1.54) is 12.1 Å². The molecule has 0 radical (unpaired) electrons. The number of nitrogens with one attached hydrogen (secondary N) is 1. The van der Waals surface area contributed by atoms with Crippen LogP contribution in [-0.4, -0.2) is 29.9 Å². The molecule has 1 rings (SSSR count). The van der Waals surface area contributed by atoms with Crippen molar-refractivity contribution in [1.29, 1.82) is 0 Å². The fraction of sp³-hybridized carbons (Fsp3) is 0.300. The van der Waals surface area contributed by atoms with Crippen LogP contribution >= 0.6 is 0 Å². The Morgan fingerprint density at radius 1 is 1.44 bits per heavy atom. The Morgan fingerprint density at radius 3 is 2.61 bits per heavy atom. The zero-order valence-corrected chi connectivity index (χ0v) is 8.96. The van der Waals surface area contributed by atoms with E-state index in [9.17, 15) is 27.5 Å². The van der Waals surface area contributed by atoms with E-state index in [0.717, 1.165) is 6.07 Å². The lowest BCUT2D eigenvalue weighted by Gasteiger charge is -2.16. The van der Waals surface area contributed by atoms with Crippen LogP contribution in [0.25, 0.3) is 0 Å². The summed E-state index contributed by atoms with van der Waals surface area (Å²) in [6.45, 7) is -1.53. The second kappa shape index (κ2) is 5.11. The monoisotopic (exact) mass is 266 g/mol. The third-order valence-electron chi connectivity index (χ3n) is 2.12. The summed E-state index contributed by atoms with van der Waals surface area (Å²) in [5, 5.41) is 11.0. The largest absolute Gasteiger partial charge is 0.505 e. The van der Waals surface area contributed by atoms with Crippen LogP contribution in [0.1, 0.15) is 10.4 Å². The quantitative estimate of drug-likeness (QED) is 0.440. The van der Waals surface area contributed by atoms with Crippen LogP contribution in [0, 0.1) is 0 Å². The number of phenolic OH excluding ortho intramolecular Hbond substituents is 1. The highest BCUT2D eigenvalue weighted by atomic mass is 19.3. The average Bonchev–Trinajstić information content (AvgIpc) is 2.29. The van der Waals surface area contributed by atoms with Gasteiger partial charge in [-0.05, 0) is 12.1 Å². The molecular formula is C10H10F4N2O2. The molecule has 0 aromatic heterocycles. The highest BCUT2D eigenvalue weighted by Gasteiger charge is 2.41. The van der Waals surface area contributed by atoms with Crippen LogP contribution in [0.2, 0.25) is 0 Å². The lowest BCUT2D eigenvalue weighted by atomic mass is 10.1. The predicted octanol–water partition coefficient (Wildman–Crippen LogP) is 1.60. The maximum Gasteiger partial charge on any atom is 0.324 e. The minimum absolute atomic E-state index is 0.122. The third kappa shape index (κ3) is 3.02. The molecule has 0 saturated carbocycles. The van der Waals surface area contributed by atoms with Gasteiger partial charge in [-0.3, -0.25) is 4.79 Å². The summed E-state index contributed by atoms with van der Waals surface area (Å²) < 4.78 is 48.8. The Labute approximate surface area is 99.4 Å². The van der Waals surface area contributed by atoms with Gasteiger partial charge in [0.2, 0.25) is 0 Å². The van der Waals surface area contributed by atoms with E-state index in [-0.39, 0.29) is 11.3 Å². The minimum Gasteiger partial charge on any atom is -0.505 e. The van der Waals surface area contributed by atoms with Gasteiger partial charge in [-0.25, -0.2) is 8.78 Å². The summed E-state index contributed by atoms with van der Waals surface area (Å²) in [7, 11) is 0. The van der Waals surface area contributed by atoms with Gasteiger partial charge in [0, 0.05) is 0 Å². The van der Waals surface area contributed by atoms with Gasteiger partial charge in [-0.1, -0.05) is 6.07 Å². The second-order valence-electron chi connectivity index (χ2n) is 3.49. The highest BCUT2D eigenvalue weighted by Crippen LogP contribution is 2.25. The number of hydrogen-bond donors (Lipinski definition) is 3. The Bertz CT molecular complexity index is 452. The first-order chi connectivity index (χ1) is 8.25. The van der Waals surface area contributed by atoms with Gasteiger partial charge in [0.05, 0.1) is 17.8 Å². The van der Waals surface area contributed by atoms with Gasteiger partial charge in [-0.15, -0.1) is 0 Å². The molecule has 4 nitrogen and oxygen atoms in total. The molecular weight excluding hydrogens is 256 g/mol. The van der Waals surface area contributed by atoms with E-state index < -0.39 is 30.5 Å². The summed E-state index contributed by atoms with van der Waals surface area (Å²) in [5.41, 5.74) is 4.81. The molecule has 0 aliphatic rings. The number of para-hydroxylation sites is 1. The van der Waals surface area contributed by atoms with Crippen LogP contribution in [0.4, 0.5) is 23.2 Å². The summed E-state index contributed by atoms with van der Waals surface area (Å²) in [5.74, 6) is -6.03. The molecule has 100 valence electrons. The average molecular weight is 266 g/mol. The zero-order chi connectivity index (χ0) is 13.9. The molecule has 0 atom stereocenters. The molecule has 0 heterocycles. The van der Waals surface area contributed by atoms with Crippen LogP contribution in [0.5, 0.6) is 5.75 Å². The van der Waals surface area contributed by atoms with Gasteiger partial charge in [0.25, 0.3) is 5.91 Å². The summed E-state index contributed by atoms with van der Waals surface area (Å²) in [6.07, 6.45) is -3.88. The zero-order valence-electron chi connectivity index (χ0n) is 8.96. The smallest absolute Gasteiger partial charge is 0.324 e. The molecule has 0 aliphatic heterocycles. The first-order valence-corrected chi connectivity index (χ1v) is 4.77. The fourth-order valence-corrected chi connectivity index (χ4v) is 1.12. The molecule has 0 bridgehead atoms. The van der Waals surface area contributed by atoms with E-state index in [2.05, 4.69) is 0 Å². The predicted molar refractivity (Wildman–Crippen MR) is 55.8 cm³/mol. The molecule has 4 N–H and O–H groups in total. The summed E-state index contributed by atoms with van der Waals surface area (Å²) in [4.78, 5) is 11.4. The van der Waals surface area contributed by atoms with Crippen LogP contribution in [-0.2, 0) is 0 Å². The number of halogens is 4. The Balaban J connectivity index is 2.75. The SMILES string of the molecule is Nc1cccc(C(=O)NCC(F)(F)C(F)F)c1O. The molecule has 1 aromatic rings. The van der Waals surface area contributed by atoms with Crippen molar-refractivity contribution in [2.75, 3.05) is 12.3 Å². The maximum absolute atomic E-state index is 12.6. The number of benzene rings is 1. The van der Waals surface area contributed by atoms with Crippen LogP contribution < -0.4 is 11.1 Å². The number of alkyl halides is 4. The van der Waals surface area contributed by atoms with Gasteiger partial charge in [-0.2, -0.15) is 8.78 Å². The van der Waals surface area contributed by atoms with E-state index in [1.54, 1.807) is 5.32 Å². The van der Waals surface area contributed by atoms with Crippen molar-refractivity contribution in [2.24, 2.45) is 0 Å². The Kier molecular flexibility index (Phi) is 4.00. The lowest BCUT2D eigenvalue weighted by molar-refractivity contribution is -0.123. The number of rotatable bonds is 4. The topological polar surface area (TPSA) is 75.4 Å². The number of hydrogen-bond acceptors (Lipinski definition) is 3. The van der Waals surface area contributed by atoms with E-state index >= 15 is 0 Å². The van der Waals surface area contributed by atoms with Crippen molar-refractivity contribution in [3.8, 4) is 5.75 Å². The molecule has 1 aromatic carbocycles. The number of aromatic hydroxyl groups is 1. The van der Waals surface area contributed by atoms with Crippen molar-refractivity contribution in [3.05, 3.63) is 23.8 Å². The highest BCUT2D eigenvalue weighted by molar-refractivity contribution is 5.98. The number of nitrogens with two attached hydrogens (primary N) is 1. The van der Waals surface area contributed by atoms with E-state index in [4.69, 9.17) is 5.73 Å².